The largest absolute Gasteiger partial charge is 0.372 e. The van der Waals surface area contributed by atoms with E-state index in [0.29, 0.717) is 12.5 Å². The van der Waals surface area contributed by atoms with Gasteiger partial charge in [0.25, 0.3) is 0 Å². The van der Waals surface area contributed by atoms with Gasteiger partial charge in [-0.1, -0.05) is 5.16 Å². The number of rotatable bonds is 7. The molecule has 2 fully saturated rings. The molecule has 3 heterocycles. The van der Waals surface area contributed by atoms with Crippen molar-refractivity contribution in [1.82, 2.24) is 20.0 Å². The molecule has 0 spiro atoms. The van der Waals surface area contributed by atoms with Crippen LogP contribution in [0, 0.1) is 0 Å². The average Bonchev–Trinajstić information content (AvgIpc) is 3.01. The second-order valence-corrected chi connectivity index (χ2v) is 7.56. The molecule has 2 aromatic rings. The molecule has 1 saturated carbocycles. The molecule has 2 atom stereocenters. The Morgan fingerprint density at radius 3 is 3.04 bits per heavy atom. The van der Waals surface area contributed by atoms with Crippen molar-refractivity contribution >= 4 is 11.3 Å². The molecule has 2 aliphatic rings. The van der Waals surface area contributed by atoms with Crippen LogP contribution in [0.4, 0.5) is 0 Å². The molecule has 4 rings (SSSR count). The Balaban J connectivity index is 1.43. The zero-order valence-corrected chi connectivity index (χ0v) is 15.1. The molecular formula is C17H24N4O2S. The summed E-state index contributed by atoms with van der Waals surface area (Å²) in [6.45, 7) is 6.69. The van der Waals surface area contributed by atoms with Crippen molar-refractivity contribution in [2.24, 2.45) is 0 Å². The van der Waals surface area contributed by atoms with E-state index in [9.17, 15) is 0 Å². The van der Waals surface area contributed by atoms with Crippen LogP contribution in [0.5, 0.6) is 0 Å². The van der Waals surface area contributed by atoms with Crippen molar-refractivity contribution in [3.05, 3.63) is 27.8 Å². The number of aromatic nitrogens is 3. The number of thiazole rings is 1. The maximum atomic E-state index is 5.63. The summed E-state index contributed by atoms with van der Waals surface area (Å²) in [6, 6.07) is 0.260. The van der Waals surface area contributed by atoms with E-state index in [1.165, 1.54) is 19.3 Å². The SMILES string of the molecule is CCO[C@@H](C)c1nc(CN2CCC[C@H]2c2noc(C3CC3)n2)cs1. The van der Waals surface area contributed by atoms with Crippen molar-refractivity contribution in [3.63, 3.8) is 0 Å². The predicted octanol–water partition coefficient (Wildman–Crippen LogP) is 3.84. The topological polar surface area (TPSA) is 64.3 Å². The third kappa shape index (κ3) is 3.38. The molecule has 0 amide bonds. The molecule has 1 aliphatic carbocycles. The molecular weight excluding hydrogens is 324 g/mol. The standard InChI is InChI=1S/C17H24N4O2S/c1-3-22-11(2)17-18-13(10-24-17)9-21-8-4-5-14(21)15-19-16(23-20-15)12-6-7-12/h10-12,14H,3-9H2,1-2H3/t11-,14-/m0/s1. The molecule has 0 bridgehead atoms. The Morgan fingerprint density at radius 2 is 2.25 bits per heavy atom. The van der Waals surface area contributed by atoms with Crippen LogP contribution < -0.4 is 0 Å². The number of likely N-dealkylation sites (tertiary alicyclic amines) is 1. The highest BCUT2D eigenvalue weighted by Crippen LogP contribution is 2.40. The summed E-state index contributed by atoms with van der Waals surface area (Å²) >= 11 is 1.68. The minimum absolute atomic E-state index is 0.0708. The Morgan fingerprint density at radius 1 is 1.38 bits per heavy atom. The van der Waals surface area contributed by atoms with Gasteiger partial charge < -0.3 is 9.26 Å². The normalized spacial score (nSPS) is 23.0. The third-order valence-corrected chi connectivity index (χ3v) is 5.80. The Labute approximate surface area is 146 Å². The minimum Gasteiger partial charge on any atom is -0.372 e. The van der Waals surface area contributed by atoms with Crippen molar-refractivity contribution in [2.45, 2.75) is 64.1 Å². The number of hydrogen-bond donors (Lipinski definition) is 0. The molecule has 0 N–H and O–H groups in total. The lowest BCUT2D eigenvalue weighted by atomic mass is 10.2. The van der Waals surface area contributed by atoms with Gasteiger partial charge in [0.05, 0.1) is 11.7 Å². The van der Waals surface area contributed by atoms with Crippen LogP contribution in [0.2, 0.25) is 0 Å². The number of nitrogens with zero attached hydrogens (tertiary/aromatic N) is 4. The lowest BCUT2D eigenvalue weighted by Crippen LogP contribution is -2.23. The quantitative estimate of drug-likeness (QED) is 0.757. The van der Waals surface area contributed by atoms with Crippen LogP contribution in [-0.4, -0.2) is 33.2 Å². The van der Waals surface area contributed by atoms with Gasteiger partial charge in [0.1, 0.15) is 11.1 Å². The Kier molecular flexibility index (Phi) is 4.65. The predicted molar refractivity (Wildman–Crippen MR) is 90.8 cm³/mol. The Hall–Kier alpha value is -1.31. The summed E-state index contributed by atoms with van der Waals surface area (Å²) in [5.74, 6) is 2.20. The fraction of sp³-hybridized carbons (Fsp3) is 0.706. The molecule has 6 nitrogen and oxygen atoms in total. The van der Waals surface area contributed by atoms with Gasteiger partial charge in [-0.25, -0.2) is 4.98 Å². The summed E-state index contributed by atoms with van der Waals surface area (Å²) in [5, 5.41) is 7.44. The van der Waals surface area contributed by atoms with Gasteiger partial charge in [-0.15, -0.1) is 11.3 Å². The molecule has 1 aliphatic heterocycles. The molecule has 0 unspecified atom stereocenters. The fourth-order valence-corrected chi connectivity index (χ4v) is 4.11. The molecule has 130 valence electrons. The zero-order valence-electron chi connectivity index (χ0n) is 14.3. The van der Waals surface area contributed by atoms with Crippen LogP contribution in [0.25, 0.3) is 0 Å². The van der Waals surface area contributed by atoms with Crippen molar-refractivity contribution in [2.75, 3.05) is 13.2 Å². The maximum Gasteiger partial charge on any atom is 0.229 e. The van der Waals surface area contributed by atoms with Gasteiger partial charge in [0.15, 0.2) is 5.82 Å². The summed E-state index contributed by atoms with van der Waals surface area (Å²) in [6.07, 6.45) is 4.72. The molecule has 0 aromatic carbocycles. The zero-order chi connectivity index (χ0) is 16.5. The molecule has 24 heavy (non-hydrogen) atoms. The summed E-state index contributed by atoms with van der Waals surface area (Å²) < 4.78 is 11.1. The number of hydrogen-bond acceptors (Lipinski definition) is 7. The van der Waals surface area contributed by atoms with Gasteiger partial charge in [0.2, 0.25) is 5.89 Å². The monoisotopic (exact) mass is 348 g/mol. The summed E-state index contributed by atoms with van der Waals surface area (Å²) in [4.78, 5) is 11.8. The van der Waals surface area contributed by atoms with E-state index in [2.05, 4.69) is 27.3 Å². The van der Waals surface area contributed by atoms with E-state index in [0.717, 1.165) is 41.9 Å². The Bertz CT molecular complexity index is 682. The minimum atomic E-state index is 0.0708. The van der Waals surface area contributed by atoms with Gasteiger partial charge in [0, 0.05) is 24.4 Å². The second kappa shape index (κ2) is 6.90. The highest BCUT2D eigenvalue weighted by molar-refractivity contribution is 7.09. The molecule has 2 aromatic heterocycles. The van der Waals surface area contributed by atoms with Crippen LogP contribution >= 0.6 is 11.3 Å². The van der Waals surface area contributed by atoms with Crippen LogP contribution in [-0.2, 0) is 11.3 Å². The summed E-state index contributed by atoms with van der Waals surface area (Å²) in [5.41, 5.74) is 1.11. The number of ether oxygens (including phenoxy) is 1. The van der Waals surface area contributed by atoms with Crippen molar-refractivity contribution < 1.29 is 9.26 Å². The van der Waals surface area contributed by atoms with Gasteiger partial charge in [-0.3, -0.25) is 4.90 Å². The highest BCUT2D eigenvalue weighted by Gasteiger charge is 2.34. The van der Waals surface area contributed by atoms with Gasteiger partial charge in [-0.05, 0) is 46.1 Å². The first kappa shape index (κ1) is 16.2. The first-order chi connectivity index (χ1) is 11.7. The lowest BCUT2D eigenvalue weighted by Gasteiger charge is -2.20. The van der Waals surface area contributed by atoms with E-state index in [4.69, 9.17) is 14.2 Å². The fourth-order valence-electron chi connectivity index (χ4n) is 3.30. The lowest BCUT2D eigenvalue weighted by molar-refractivity contribution is 0.0760. The molecule has 1 saturated heterocycles. The van der Waals surface area contributed by atoms with E-state index in [-0.39, 0.29) is 12.1 Å². The van der Waals surface area contributed by atoms with E-state index in [1.54, 1.807) is 11.3 Å². The van der Waals surface area contributed by atoms with Gasteiger partial charge in [-0.2, -0.15) is 4.98 Å². The van der Waals surface area contributed by atoms with Gasteiger partial charge >= 0.3 is 0 Å². The first-order valence-corrected chi connectivity index (χ1v) is 9.76. The summed E-state index contributed by atoms with van der Waals surface area (Å²) in [7, 11) is 0. The first-order valence-electron chi connectivity index (χ1n) is 8.88. The van der Waals surface area contributed by atoms with Crippen molar-refractivity contribution in [3.8, 4) is 0 Å². The molecule has 7 heteroatoms. The van der Waals surface area contributed by atoms with Crippen molar-refractivity contribution in [1.29, 1.82) is 0 Å². The average molecular weight is 348 g/mol. The molecule has 0 radical (unpaired) electrons. The maximum absolute atomic E-state index is 5.63. The second-order valence-electron chi connectivity index (χ2n) is 6.67. The van der Waals surface area contributed by atoms with Crippen LogP contribution in [0.3, 0.4) is 0 Å². The highest BCUT2D eigenvalue weighted by atomic mass is 32.1. The van der Waals surface area contributed by atoms with E-state index >= 15 is 0 Å². The third-order valence-electron chi connectivity index (χ3n) is 4.74. The van der Waals surface area contributed by atoms with Crippen LogP contribution in [0.15, 0.2) is 9.90 Å². The van der Waals surface area contributed by atoms with E-state index < -0.39 is 0 Å². The van der Waals surface area contributed by atoms with Crippen LogP contribution in [0.1, 0.15) is 80.0 Å². The smallest absolute Gasteiger partial charge is 0.229 e. The van der Waals surface area contributed by atoms with E-state index in [1.807, 2.05) is 6.92 Å².